The Morgan fingerprint density at radius 3 is 2.43 bits per heavy atom. The van der Waals surface area contributed by atoms with Crippen molar-refractivity contribution in [1.82, 2.24) is 10.2 Å². The van der Waals surface area contributed by atoms with Crippen LogP contribution in [0.15, 0.2) is 18.2 Å². The maximum atomic E-state index is 12.5. The Kier molecular flexibility index (Phi) is 5.42. The number of ether oxygens (including phenoxy) is 1. The van der Waals surface area contributed by atoms with Gasteiger partial charge in [-0.2, -0.15) is 0 Å². The van der Waals surface area contributed by atoms with E-state index >= 15 is 0 Å². The van der Waals surface area contributed by atoms with E-state index < -0.39 is 11.6 Å². The van der Waals surface area contributed by atoms with Crippen LogP contribution in [0.4, 0.5) is 4.79 Å². The van der Waals surface area contributed by atoms with Gasteiger partial charge in [0.2, 0.25) is 0 Å². The minimum absolute atomic E-state index is 0.125. The van der Waals surface area contributed by atoms with Gasteiger partial charge in [0.25, 0.3) is 5.91 Å². The third-order valence-electron chi connectivity index (χ3n) is 3.64. The summed E-state index contributed by atoms with van der Waals surface area (Å²) in [4.78, 5) is 25.7. The van der Waals surface area contributed by atoms with Crippen LogP contribution < -0.4 is 10.1 Å². The maximum absolute atomic E-state index is 12.5. The molecule has 3 amide bonds. The molecule has 0 radical (unpaired) electrons. The minimum Gasteiger partial charge on any atom is -0.489 e. The number of rotatable bonds is 6. The van der Waals surface area contributed by atoms with E-state index in [9.17, 15) is 9.59 Å². The average Bonchev–Trinajstić information content (AvgIpc) is 2.63. The zero-order chi connectivity index (χ0) is 17.2. The molecule has 0 bridgehead atoms. The van der Waals surface area contributed by atoms with Gasteiger partial charge in [0.15, 0.2) is 5.75 Å². The number of benzene rings is 1. The number of nitrogens with one attached hydrogen (secondary N) is 1. The molecule has 1 heterocycles. The lowest BCUT2D eigenvalue weighted by atomic mass is 9.91. The second-order valence-electron chi connectivity index (χ2n) is 6.22. The van der Waals surface area contributed by atoms with Crippen molar-refractivity contribution in [1.29, 1.82) is 0 Å². The van der Waals surface area contributed by atoms with E-state index in [1.54, 1.807) is 25.1 Å². The summed E-state index contributed by atoms with van der Waals surface area (Å²) in [5, 5.41) is 3.54. The van der Waals surface area contributed by atoms with Gasteiger partial charge in [-0.3, -0.25) is 9.69 Å². The van der Waals surface area contributed by atoms with Crippen molar-refractivity contribution in [3.8, 4) is 5.75 Å². The zero-order valence-corrected chi connectivity index (χ0v) is 14.9. The van der Waals surface area contributed by atoms with Crippen LogP contribution in [0, 0.1) is 5.92 Å². The van der Waals surface area contributed by atoms with Crippen LogP contribution in [0.1, 0.15) is 27.2 Å². The number of carbonyl (C=O) groups excluding carboxylic acids is 2. The summed E-state index contributed by atoms with van der Waals surface area (Å²) in [7, 11) is 0. The molecule has 5 nitrogen and oxygen atoms in total. The molecule has 0 saturated carbocycles. The quantitative estimate of drug-likeness (QED) is 0.788. The second-order valence-corrected chi connectivity index (χ2v) is 7.03. The van der Waals surface area contributed by atoms with E-state index in [4.69, 9.17) is 27.9 Å². The average molecular weight is 359 g/mol. The molecular weight excluding hydrogens is 339 g/mol. The van der Waals surface area contributed by atoms with Crippen LogP contribution in [0.5, 0.6) is 5.75 Å². The summed E-state index contributed by atoms with van der Waals surface area (Å²) in [6.45, 7) is 6.03. The van der Waals surface area contributed by atoms with Crippen molar-refractivity contribution in [2.75, 3.05) is 13.2 Å². The molecule has 1 aromatic carbocycles. The Morgan fingerprint density at radius 2 is 1.87 bits per heavy atom. The predicted octanol–water partition coefficient (Wildman–Crippen LogP) is 3.73. The van der Waals surface area contributed by atoms with E-state index in [2.05, 4.69) is 5.32 Å². The second kappa shape index (κ2) is 6.97. The number of urea groups is 1. The number of imide groups is 1. The van der Waals surface area contributed by atoms with Gasteiger partial charge in [-0.1, -0.05) is 43.1 Å². The zero-order valence-electron chi connectivity index (χ0n) is 13.4. The molecule has 0 aliphatic carbocycles. The molecule has 1 aromatic rings. The first-order valence-electron chi connectivity index (χ1n) is 7.45. The first kappa shape index (κ1) is 17.9. The number of carbonyl (C=O) groups is 2. The topological polar surface area (TPSA) is 58.6 Å². The van der Waals surface area contributed by atoms with Gasteiger partial charge in [-0.15, -0.1) is 0 Å². The lowest BCUT2D eigenvalue weighted by molar-refractivity contribution is -0.131. The molecular formula is C16H20Cl2N2O3. The van der Waals surface area contributed by atoms with Crippen molar-refractivity contribution >= 4 is 35.1 Å². The van der Waals surface area contributed by atoms with Crippen LogP contribution in [-0.4, -0.2) is 35.5 Å². The van der Waals surface area contributed by atoms with Crippen LogP contribution in [0.2, 0.25) is 10.0 Å². The Morgan fingerprint density at radius 1 is 1.26 bits per heavy atom. The highest BCUT2D eigenvalue weighted by atomic mass is 35.5. The highest BCUT2D eigenvalue weighted by Gasteiger charge is 2.47. The molecule has 1 unspecified atom stereocenters. The molecule has 1 aliphatic heterocycles. The molecule has 0 aromatic heterocycles. The number of para-hydroxylation sites is 1. The third-order valence-corrected chi connectivity index (χ3v) is 4.24. The fourth-order valence-corrected chi connectivity index (χ4v) is 3.27. The van der Waals surface area contributed by atoms with Gasteiger partial charge in [0, 0.05) is 0 Å². The van der Waals surface area contributed by atoms with Crippen LogP contribution in [-0.2, 0) is 4.79 Å². The highest BCUT2D eigenvalue weighted by Crippen LogP contribution is 2.32. The Balaban J connectivity index is 1.98. The highest BCUT2D eigenvalue weighted by molar-refractivity contribution is 6.37. The number of halogens is 2. The van der Waals surface area contributed by atoms with Gasteiger partial charge in [0.05, 0.1) is 16.6 Å². The molecule has 0 spiro atoms. The maximum Gasteiger partial charge on any atom is 0.325 e. The fourth-order valence-electron chi connectivity index (χ4n) is 2.76. The van der Waals surface area contributed by atoms with Gasteiger partial charge in [-0.25, -0.2) is 4.79 Å². The Labute approximate surface area is 145 Å². The number of amides is 3. The van der Waals surface area contributed by atoms with E-state index in [0.717, 1.165) is 0 Å². The summed E-state index contributed by atoms with van der Waals surface area (Å²) in [6, 6.07) is 4.64. The molecule has 1 N–H and O–H groups in total. The lowest BCUT2D eigenvalue weighted by Gasteiger charge is -2.23. The summed E-state index contributed by atoms with van der Waals surface area (Å²) in [5.74, 6) is 0.417. The first-order chi connectivity index (χ1) is 10.7. The van der Waals surface area contributed by atoms with E-state index in [-0.39, 0.29) is 19.1 Å². The van der Waals surface area contributed by atoms with Crippen molar-refractivity contribution in [2.45, 2.75) is 32.7 Å². The van der Waals surface area contributed by atoms with Crippen molar-refractivity contribution < 1.29 is 14.3 Å². The predicted molar refractivity (Wildman–Crippen MR) is 90.1 cm³/mol. The van der Waals surface area contributed by atoms with Gasteiger partial charge in [-0.05, 0) is 31.4 Å². The molecule has 1 atom stereocenters. The van der Waals surface area contributed by atoms with Crippen LogP contribution in [0.25, 0.3) is 0 Å². The number of hydrogen-bond acceptors (Lipinski definition) is 3. The molecule has 2 rings (SSSR count). The fraction of sp³-hybridized carbons (Fsp3) is 0.500. The molecule has 23 heavy (non-hydrogen) atoms. The van der Waals surface area contributed by atoms with E-state index in [1.165, 1.54) is 4.90 Å². The molecule has 7 heteroatoms. The van der Waals surface area contributed by atoms with Crippen LogP contribution in [0.3, 0.4) is 0 Å². The summed E-state index contributed by atoms with van der Waals surface area (Å²) in [6.07, 6.45) is 0.589. The van der Waals surface area contributed by atoms with Gasteiger partial charge < -0.3 is 10.1 Å². The van der Waals surface area contributed by atoms with Crippen molar-refractivity contribution in [3.63, 3.8) is 0 Å². The smallest absolute Gasteiger partial charge is 0.325 e. The molecule has 1 aliphatic rings. The van der Waals surface area contributed by atoms with Crippen molar-refractivity contribution in [3.05, 3.63) is 28.2 Å². The van der Waals surface area contributed by atoms with E-state index in [0.29, 0.717) is 28.1 Å². The van der Waals surface area contributed by atoms with E-state index in [1.807, 2.05) is 13.8 Å². The van der Waals surface area contributed by atoms with Gasteiger partial charge >= 0.3 is 6.03 Å². The van der Waals surface area contributed by atoms with Crippen LogP contribution >= 0.6 is 23.2 Å². The Hall–Kier alpha value is -1.46. The summed E-state index contributed by atoms with van der Waals surface area (Å²) in [5.41, 5.74) is -0.854. The van der Waals surface area contributed by atoms with Gasteiger partial charge in [0.1, 0.15) is 12.1 Å². The number of nitrogens with zero attached hydrogens (tertiary/aromatic N) is 1. The number of hydrogen-bond donors (Lipinski definition) is 1. The minimum atomic E-state index is -0.854. The monoisotopic (exact) mass is 358 g/mol. The van der Waals surface area contributed by atoms with Crippen molar-refractivity contribution in [2.24, 2.45) is 5.92 Å². The SMILES string of the molecule is CC(C)CC1(C)NC(=O)N(CCOc2c(Cl)cccc2Cl)C1=O. The third kappa shape index (κ3) is 3.90. The Bertz CT molecular complexity index is 601. The standard InChI is InChI=1S/C16H20Cl2N2O3/c1-10(2)9-16(3)14(21)20(15(22)19-16)7-8-23-13-11(17)5-4-6-12(13)18/h4-6,10H,7-9H2,1-3H3,(H,19,22). The molecule has 1 saturated heterocycles. The first-order valence-corrected chi connectivity index (χ1v) is 8.21. The summed E-state index contributed by atoms with van der Waals surface area (Å²) >= 11 is 12.0. The molecule has 126 valence electrons. The lowest BCUT2D eigenvalue weighted by Crippen LogP contribution is -2.45. The summed E-state index contributed by atoms with van der Waals surface area (Å²) < 4.78 is 5.54. The normalized spacial score (nSPS) is 21.0. The largest absolute Gasteiger partial charge is 0.489 e. The molecule has 1 fully saturated rings.